The molecule has 2 aromatic rings. The van der Waals surface area contributed by atoms with E-state index in [4.69, 9.17) is 4.84 Å². The van der Waals surface area contributed by atoms with Crippen LogP contribution in [-0.4, -0.2) is 91.6 Å². The van der Waals surface area contributed by atoms with Gasteiger partial charge in [0.15, 0.2) is 5.78 Å². The molecule has 2 saturated heterocycles. The van der Waals surface area contributed by atoms with Crippen molar-refractivity contribution in [3.63, 3.8) is 0 Å². The van der Waals surface area contributed by atoms with Crippen molar-refractivity contribution in [2.75, 3.05) is 18.1 Å². The van der Waals surface area contributed by atoms with Gasteiger partial charge in [-0.05, 0) is 58.7 Å². The fraction of sp³-hybridized carbons (Fsp3) is 0.407. The zero-order valence-corrected chi connectivity index (χ0v) is 28.3. The maximum Gasteiger partial charge on any atom is 0.333 e. The van der Waals surface area contributed by atoms with E-state index in [0.717, 1.165) is 20.7 Å². The quantitative estimate of drug-likeness (QED) is 0.114. The van der Waals surface area contributed by atoms with Crippen LogP contribution in [0.15, 0.2) is 58.8 Å². The Morgan fingerprint density at radius 2 is 1.35 bits per heavy atom. The van der Waals surface area contributed by atoms with Gasteiger partial charge in [0.1, 0.15) is 15.3 Å². The van der Waals surface area contributed by atoms with Gasteiger partial charge in [0.25, 0.3) is 21.9 Å². The second kappa shape index (κ2) is 19.0. The van der Waals surface area contributed by atoms with Crippen molar-refractivity contribution < 1.29 is 46.6 Å². The van der Waals surface area contributed by atoms with Gasteiger partial charge >= 0.3 is 5.97 Å². The number of nitrogens with zero attached hydrogens (tertiary/aromatic N) is 4. The number of imide groups is 2. The molecule has 2 aromatic heterocycles. The molecule has 4 heterocycles. The van der Waals surface area contributed by atoms with E-state index in [1.165, 1.54) is 21.6 Å². The number of ketones is 1. The molecule has 248 valence electrons. The predicted molar refractivity (Wildman–Crippen MR) is 172 cm³/mol. The first-order valence-corrected chi connectivity index (χ1v) is 19.9. The number of hydrogen-bond acceptors (Lipinski definition) is 15. The topological polar surface area (TPSA) is 198 Å². The lowest BCUT2D eigenvalue weighted by atomic mass is 10.2. The standard InChI is InChI=1S/C14H16N2O6S3.C13H14N2O4S2/c17-10(9-16-13(18)4-5-14(16)19)11(25(20,21)22)6-8-23-24-12-3-1-2-7-15-12;16-11-6-7-12(17)15(11)19-13(18)5-3-9-20-21-10-4-1-2-8-14-10/h1-3,7,11H,4-6,8-9H2,(H,20,21,22);1-2,4,8H,3,5-7,9H2. The molecule has 1 atom stereocenters. The van der Waals surface area contributed by atoms with E-state index in [-0.39, 0.29) is 44.3 Å². The van der Waals surface area contributed by atoms with Crippen molar-refractivity contribution in [2.45, 2.75) is 60.2 Å². The summed E-state index contributed by atoms with van der Waals surface area (Å²) in [7, 11) is 1.12. The molecule has 2 aliphatic rings. The smallest absolute Gasteiger partial charge is 0.330 e. The van der Waals surface area contributed by atoms with Crippen LogP contribution in [0.5, 0.6) is 0 Å². The monoisotopic (exact) mass is 730 g/mol. The minimum Gasteiger partial charge on any atom is -0.330 e. The summed E-state index contributed by atoms with van der Waals surface area (Å²) in [4.78, 5) is 83.1. The number of carbonyl (C=O) groups is 6. The number of aromatic nitrogens is 2. The van der Waals surface area contributed by atoms with Gasteiger partial charge in [-0.3, -0.25) is 33.4 Å². The molecule has 0 aliphatic carbocycles. The summed E-state index contributed by atoms with van der Waals surface area (Å²) in [5, 5.41) is 0.567. The molecule has 2 aliphatic heterocycles. The molecule has 0 radical (unpaired) electrons. The highest BCUT2D eigenvalue weighted by Gasteiger charge is 2.37. The molecule has 0 aromatic carbocycles. The number of hydroxylamine groups is 2. The second-order valence-electron chi connectivity index (χ2n) is 9.43. The summed E-state index contributed by atoms with van der Waals surface area (Å²) >= 11 is 0. The largest absolute Gasteiger partial charge is 0.333 e. The van der Waals surface area contributed by atoms with Gasteiger partial charge in [0.2, 0.25) is 11.8 Å². The van der Waals surface area contributed by atoms with E-state index < -0.39 is 57.3 Å². The molecular weight excluding hydrogens is 701 g/mol. The first-order valence-electron chi connectivity index (χ1n) is 13.8. The first-order chi connectivity index (χ1) is 22.0. The average Bonchev–Trinajstić information content (AvgIpc) is 3.51. The summed E-state index contributed by atoms with van der Waals surface area (Å²) in [6, 6.07) is 11.0. The minimum atomic E-state index is -4.62. The van der Waals surface area contributed by atoms with Gasteiger partial charge in [-0.2, -0.15) is 8.42 Å². The fourth-order valence-corrected chi connectivity index (χ4v) is 8.67. The van der Waals surface area contributed by atoms with Crippen LogP contribution in [-0.2, 0) is 43.7 Å². The van der Waals surface area contributed by atoms with Crippen molar-refractivity contribution in [2.24, 2.45) is 0 Å². The molecule has 4 rings (SSSR count). The van der Waals surface area contributed by atoms with Crippen molar-refractivity contribution in [1.82, 2.24) is 19.9 Å². The number of carbonyl (C=O) groups excluding carboxylic acids is 6. The number of likely N-dealkylation sites (tertiary alicyclic amines) is 1. The third-order valence-electron chi connectivity index (χ3n) is 6.02. The molecule has 2 fully saturated rings. The normalized spacial score (nSPS) is 15.5. The predicted octanol–water partition coefficient (Wildman–Crippen LogP) is 3.40. The lowest BCUT2D eigenvalue weighted by Crippen LogP contribution is -2.41. The van der Waals surface area contributed by atoms with E-state index in [1.54, 1.807) is 46.1 Å². The maximum atomic E-state index is 12.2. The van der Waals surface area contributed by atoms with Crippen LogP contribution in [0.3, 0.4) is 0 Å². The fourth-order valence-electron chi connectivity index (χ4n) is 3.77. The van der Waals surface area contributed by atoms with Gasteiger partial charge in [-0.1, -0.05) is 33.7 Å². The Morgan fingerprint density at radius 1 is 0.826 bits per heavy atom. The molecule has 0 bridgehead atoms. The zero-order valence-electron chi connectivity index (χ0n) is 24.2. The highest BCUT2D eigenvalue weighted by atomic mass is 33.1. The van der Waals surface area contributed by atoms with E-state index in [9.17, 15) is 41.7 Å². The van der Waals surface area contributed by atoms with E-state index in [0.29, 0.717) is 11.5 Å². The lowest BCUT2D eigenvalue weighted by Gasteiger charge is -2.17. The first kappa shape index (κ1) is 37.5. The Labute approximate surface area is 281 Å². The Morgan fingerprint density at radius 3 is 1.85 bits per heavy atom. The Kier molecular flexibility index (Phi) is 15.5. The van der Waals surface area contributed by atoms with Crippen LogP contribution >= 0.6 is 43.2 Å². The molecule has 1 N–H and O–H groups in total. The molecule has 19 heteroatoms. The maximum absolute atomic E-state index is 12.2. The van der Waals surface area contributed by atoms with Crippen LogP contribution in [0.4, 0.5) is 0 Å². The summed E-state index contributed by atoms with van der Waals surface area (Å²) in [5.74, 6) is -2.32. The summed E-state index contributed by atoms with van der Waals surface area (Å²) in [6.45, 7) is -0.625. The molecule has 1 unspecified atom stereocenters. The minimum absolute atomic E-state index is 0.0131. The summed E-state index contributed by atoms with van der Waals surface area (Å²) in [5.41, 5.74) is 0. The van der Waals surface area contributed by atoms with Gasteiger partial charge in [0, 0.05) is 56.0 Å². The molecule has 46 heavy (non-hydrogen) atoms. The molecule has 4 amide bonds. The van der Waals surface area contributed by atoms with Crippen LogP contribution in [0.2, 0.25) is 0 Å². The van der Waals surface area contributed by atoms with E-state index >= 15 is 0 Å². The average molecular weight is 731 g/mol. The number of Topliss-reactive ketones (excluding diaryl/α,β-unsaturated/α-hetero) is 1. The summed E-state index contributed by atoms with van der Waals surface area (Å²) < 4.78 is 32.3. The number of amides is 4. The second-order valence-corrected chi connectivity index (χ2v) is 15.9. The van der Waals surface area contributed by atoms with Crippen molar-refractivity contribution in [3.8, 4) is 0 Å². The number of hydrogen-bond donors (Lipinski definition) is 1. The van der Waals surface area contributed by atoms with Gasteiger partial charge in [0.05, 0.1) is 6.54 Å². The van der Waals surface area contributed by atoms with Crippen molar-refractivity contribution in [3.05, 3.63) is 48.8 Å². The summed E-state index contributed by atoms with van der Waals surface area (Å²) in [6.07, 6.45) is 4.26. The van der Waals surface area contributed by atoms with Crippen LogP contribution in [0, 0.1) is 0 Å². The highest BCUT2D eigenvalue weighted by Crippen LogP contribution is 2.31. The van der Waals surface area contributed by atoms with Gasteiger partial charge in [-0.25, -0.2) is 14.8 Å². The Hall–Kier alpha value is -2.97. The Balaban J connectivity index is 0.000000254. The van der Waals surface area contributed by atoms with E-state index in [2.05, 4.69) is 9.97 Å². The van der Waals surface area contributed by atoms with E-state index in [1.807, 2.05) is 24.3 Å². The van der Waals surface area contributed by atoms with Crippen LogP contribution in [0.25, 0.3) is 0 Å². The molecule has 0 spiro atoms. The van der Waals surface area contributed by atoms with Gasteiger partial charge in [-0.15, -0.1) is 5.06 Å². The highest BCUT2D eigenvalue weighted by molar-refractivity contribution is 8.77. The zero-order chi connectivity index (χ0) is 33.5. The number of rotatable bonds is 16. The molecule has 14 nitrogen and oxygen atoms in total. The third-order valence-corrected chi connectivity index (χ3v) is 11.9. The Bertz CT molecular complexity index is 1470. The van der Waals surface area contributed by atoms with Gasteiger partial charge < -0.3 is 4.84 Å². The van der Waals surface area contributed by atoms with Crippen molar-refractivity contribution in [1.29, 1.82) is 0 Å². The van der Waals surface area contributed by atoms with Crippen molar-refractivity contribution >= 4 is 88.7 Å². The molecular formula is C27H30N4O10S5. The molecule has 0 saturated carbocycles. The SMILES string of the molecule is O=C(CCCSSc1ccccn1)ON1C(=O)CCC1=O.O=C(CN1C(=O)CCC1=O)C(CCSSc1ccccn1)S(=O)(=O)O. The lowest BCUT2D eigenvalue weighted by molar-refractivity contribution is -0.197. The third kappa shape index (κ3) is 12.7. The number of pyridine rings is 2. The van der Waals surface area contributed by atoms with Crippen LogP contribution < -0.4 is 0 Å². The van der Waals surface area contributed by atoms with Crippen LogP contribution in [0.1, 0.15) is 44.9 Å².